The van der Waals surface area contributed by atoms with Gasteiger partial charge in [-0.15, -0.1) is 36.2 Å². The first-order chi connectivity index (χ1) is 10.0. The van der Waals surface area contributed by atoms with Gasteiger partial charge in [-0.2, -0.15) is 0 Å². The van der Waals surface area contributed by atoms with Crippen LogP contribution in [0, 0.1) is 6.92 Å². The molecule has 0 fully saturated rings. The fourth-order valence-electron chi connectivity index (χ4n) is 2.17. The molecule has 1 unspecified atom stereocenters. The van der Waals surface area contributed by atoms with Crippen molar-refractivity contribution in [2.24, 2.45) is 0 Å². The Hall–Kier alpha value is -1.14. The number of likely N-dealkylation sites (N-methyl/N-ethyl adjacent to an activating group) is 2. The fraction of sp³-hybridized carbons (Fsp3) is 0.375. The minimum atomic E-state index is 0. The summed E-state index contributed by atoms with van der Waals surface area (Å²) < 4.78 is 0. The van der Waals surface area contributed by atoms with Crippen molar-refractivity contribution in [1.29, 1.82) is 0 Å². The second-order valence-corrected chi connectivity index (χ2v) is 6.08. The third-order valence-corrected chi connectivity index (χ3v) is 4.91. The van der Waals surface area contributed by atoms with Crippen molar-refractivity contribution in [1.82, 2.24) is 15.2 Å². The molecule has 0 saturated carbocycles. The molecule has 128 valence electrons. The number of carbonyl (C=O) groups excluding carboxylic acids is 1. The van der Waals surface area contributed by atoms with Crippen molar-refractivity contribution in [3.63, 3.8) is 0 Å². The maximum atomic E-state index is 12.0. The van der Waals surface area contributed by atoms with Crippen LogP contribution in [0.1, 0.15) is 23.5 Å². The van der Waals surface area contributed by atoms with Crippen molar-refractivity contribution in [3.05, 3.63) is 40.9 Å². The molecule has 2 aromatic rings. The van der Waals surface area contributed by atoms with Gasteiger partial charge in [-0.3, -0.25) is 4.79 Å². The molecule has 4 nitrogen and oxygen atoms in total. The summed E-state index contributed by atoms with van der Waals surface area (Å²) in [5, 5.41) is 3.90. The summed E-state index contributed by atoms with van der Waals surface area (Å²) in [5.74, 6) is 0.0825. The zero-order chi connectivity index (χ0) is 15.4. The van der Waals surface area contributed by atoms with E-state index in [1.807, 2.05) is 39.1 Å². The second-order valence-electron chi connectivity index (χ2n) is 5.05. The molecule has 1 aromatic heterocycles. The van der Waals surface area contributed by atoms with E-state index < -0.39 is 0 Å². The Bertz CT molecular complexity index is 619. The van der Waals surface area contributed by atoms with Gasteiger partial charge in [0.2, 0.25) is 5.91 Å². The lowest BCUT2D eigenvalue weighted by atomic mass is 10.2. The Morgan fingerprint density at radius 2 is 1.91 bits per heavy atom. The molecular formula is C16H23Cl2N3OS. The number of amides is 1. The lowest BCUT2D eigenvalue weighted by Crippen LogP contribution is -2.35. The van der Waals surface area contributed by atoms with Gasteiger partial charge in [0.05, 0.1) is 23.2 Å². The van der Waals surface area contributed by atoms with Crippen molar-refractivity contribution >= 4 is 42.1 Å². The molecule has 1 amide bonds. The topological polar surface area (TPSA) is 45.2 Å². The molecule has 1 heterocycles. The fourth-order valence-corrected chi connectivity index (χ4v) is 3.33. The number of hydrogen-bond acceptors (Lipinski definition) is 4. The van der Waals surface area contributed by atoms with Gasteiger partial charge >= 0.3 is 0 Å². The van der Waals surface area contributed by atoms with Crippen molar-refractivity contribution in [2.45, 2.75) is 19.9 Å². The van der Waals surface area contributed by atoms with Crippen LogP contribution < -0.4 is 5.32 Å². The number of nitrogens with zero attached hydrogens (tertiary/aromatic N) is 2. The Labute approximate surface area is 154 Å². The smallest absolute Gasteiger partial charge is 0.236 e. The van der Waals surface area contributed by atoms with E-state index in [-0.39, 0.29) is 36.8 Å². The number of hydrogen-bond donors (Lipinski definition) is 1. The number of nitrogens with one attached hydrogen (secondary N) is 1. The zero-order valence-electron chi connectivity index (χ0n) is 13.7. The van der Waals surface area contributed by atoms with E-state index in [1.54, 1.807) is 23.3 Å². The summed E-state index contributed by atoms with van der Waals surface area (Å²) in [6, 6.07) is 10.2. The number of carbonyl (C=O) groups is 1. The Morgan fingerprint density at radius 1 is 1.30 bits per heavy atom. The third kappa shape index (κ3) is 5.18. The SMILES string of the molecule is CNCC(=O)N(C)C(C)c1sc(-c2ccccc2)nc1C.Cl.Cl. The number of benzene rings is 1. The molecule has 2 rings (SSSR count). The number of aromatic nitrogens is 1. The van der Waals surface area contributed by atoms with Gasteiger partial charge in [0, 0.05) is 12.6 Å². The van der Waals surface area contributed by atoms with Gasteiger partial charge in [0.25, 0.3) is 0 Å². The van der Waals surface area contributed by atoms with Crippen LogP contribution in [-0.4, -0.2) is 36.4 Å². The summed E-state index contributed by atoms with van der Waals surface area (Å²) in [6.45, 7) is 4.40. The predicted octanol–water partition coefficient (Wildman–Crippen LogP) is 3.70. The maximum Gasteiger partial charge on any atom is 0.236 e. The van der Waals surface area contributed by atoms with E-state index in [9.17, 15) is 4.79 Å². The molecule has 0 aliphatic carbocycles. The average Bonchev–Trinajstić information content (AvgIpc) is 2.89. The van der Waals surface area contributed by atoms with E-state index in [2.05, 4.69) is 22.4 Å². The molecule has 0 radical (unpaired) electrons. The van der Waals surface area contributed by atoms with Gasteiger partial charge in [0.1, 0.15) is 5.01 Å². The van der Waals surface area contributed by atoms with E-state index in [4.69, 9.17) is 0 Å². The molecular weight excluding hydrogens is 353 g/mol. The van der Waals surface area contributed by atoms with Crippen molar-refractivity contribution < 1.29 is 4.79 Å². The average molecular weight is 376 g/mol. The van der Waals surface area contributed by atoms with Crippen LogP contribution in [0.2, 0.25) is 0 Å². The number of thiazole rings is 1. The van der Waals surface area contributed by atoms with Crippen LogP contribution in [-0.2, 0) is 4.79 Å². The summed E-state index contributed by atoms with van der Waals surface area (Å²) in [7, 11) is 3.62. The normalized spacial score (nSPS) is 11.1. The van der Waals surface area contributed by atoms with Gasteiger partial charge in [-0.25, -0.2) is 4.98 Å². The number of rotatable bonds is 5. The maximum absolute atomic E-state index is 12.0. The molecule has 1 N–H and O–H groups in total. The van der Waals surface area contributed by atoms with Crippen LogP contribution in [0.5, 0.6) is 0 Å². The van der Waals surface area contributed by atoms with Crippen LogP contribution in [0.3, 0.4) is 0 Å². The summed E-state index contributed by atoms with van der Waals surface area (Å²) >= 11 is 1.66. The van der Waals surface area contributed by atoms with Gasteiger partial charge in [-0.05, 0) is 20.9 Å². The largest absolute Gasteiger partial charge is 0.337 e. The lowest BCUT2D eigenvalue weighted by molar-refractivity contribution is -0.130. The minimum Gasteiger partial charge on any atom is -0.337 e. The summed E-state index contributed by atoms with van der Waals surface area (Å²) in [4.78, 5) is 19.6. The summed E-state index contributed by atoms with van der Waals surface area (Å²) in [5.41, 5.74) is 2.11. The summed E-state index contributed by atoms with van der Waals surface area (Å²) in [6.07, 6.45) is 0. The molecule has 7 heteroatoms. The lowest BCUT2D eigenvalue weighted by Gasteiger charge is -2.24. The molecule has 1 aromatic carbocycles. The standard InChI is InChI=1S/C16H21N3OS.2ClH/c1-11-15(12(2)19(4)14(20)10-17-3)21-16(18-11)13-8-6-5-7-9-13;;/h5-9,12,17H,10H2,1-4H3;2*1H. The van der Waals surface area contributed by atoms with Gasteiger partial charge in [0.15, 0.2) is 0 Å². The highest BCUT2D eigenvalue weighted by atomic mass is 35.5. The minimum absolute atomic E-state index is 0. The number of halogens is 2. The van der Waals surface area contributed by atoms with E-state index in [0.29, 0.717) is 6.54 Å². The second kappa shape index (κ2) is 9.88. The van der Waals surface area contributed by atoms with Crippen LogP contribution in [0.4, 0.5) is 0 Å². The predicted molar refractivity (Wildman–Crippen MR) is 102 cm³/mol. The highest BCUT2D eigenvalue weighted by molar-refractivity contribution is 7.15. The highest BCUT2D eigenvalue weighted by Crippen LogP contribution is 2.33. The third-order valence-electron chi connectivity index (χ3n) is 3.53. The molecule has 0 aliphatic heterocycles. The van der Waals surface area contributed by atoms with E-state index >= 15 is 0 Å². The molecule has 0 bridgehead atoms. The zero-order valence-corrected chi connectivity index (χ0v) is 16.1. The van der Waals surface area contributed by atoms with Crippen LogP contribution in [0.25, 0.3) is 10.6 Å². The quantitative estimate of drug-likeness (QED) is 0.866. The Morgan fingerprint density at radius 3 is 2.48 bits per heavy atom. The first-order valence-corrected chi connectivity index (χ1v) is 7.79. The monoisotopic (exact) mass is 375 g/mol. The van der Waals surface area contributed by atoms with Crippen LogP contribution >= 0.6 is 36.2 Å². The Kier molecular flexibility index (Phi) is 9.39. The molecule has 0 aliphatic rings. The molecule has 0 saturated heterocycles. The van der Waals surface area contributed by atoms with Gasteiger partial charge in [-0.1, -0.05) is 30.3 Å². The first kappa shape index (κ1) is 21.9. The molecule has 0 spiro atoms. The van der Waals surface area contributed by atoms with Gasteiger partial charge < -0.3 is 10.2 Å². The molecule has 23 heavy (non-hydrogen) atoms. The molecule has 1 atom stereocenters. The number of aryl methyl sites for hydroxylation is 1. The first-order valence-electron chi connectivity index (χ1n) is 6.97. The van der Waals surface area contributed by atoms with Crippen LogP contribution in [0.15, 0.2) is 30.3 Å². The Balaban J connectivity index is 0.00000242. The van der Waals surface area contributed by atoms with Crippen molar-refractivity contribution in [3.8, 4) is 10.6 Å². The van der Waals surface area contributed by atoms with E-state index in [0.717, 1.165) is 21.1 Å². The highest BCUT2D eigenvalue weighted by Gasteiger charge is 2.21. The van der Waals surface area contributed by atoms with Crippen molar-refractivity contribution in [2.75, 3.05) is 20.6 Å². The van der Waals surface area contributed by atoms with E-state index in [1.165, 1.54) is 0 Å².